The number of ether oxygens (including phenoxy) is 2. The molecule has 0 aliphatic carbocycles. The predicted octanol–water partition coefficient (Wildman–Crippen LogP) is 5.20. The summed E-state index contributed by atoms with van der Waals surface area (Å²) < 4.78 is 39.8. The lowest BCUT2D eigenvalue weighted by Gasteiger charge is -2.35. The van der Waals surface area contributed by atoms with Gasteiger partial charge >= 0.3 is 0 Å². The number of sulfonamides is 1. The second kappa shape index (κ2) is 11.9. The molecule has 36 heavy (non-hydrogen) atoms. The highest BCUT2D eigenvalue weighted by Gasteiger charge is 2.32. The number of methoxy groups -OCH3 is 1. The maximum absolute atomic E-state index is 13.1. The van der Waals surface area contributed by atoms with Crippen LogP contribution < -0.4 is 4.74 Å². The molecule has 0 saturated carbocycles. The fraction of sp³-hybridized carbons (Fsp3) is 0.320. The van der Waals surface area contributed by atoms with Gasteiger partial charge in [0.1, 0.15) is 15.0 Å². The summed E-state index contributed by atoms with van der Waals surface area (Å²) in [6, 6.07) is 18.6. The van der Waals surface area contributed by atoms with Gasteiger partial charge in [-0.2, -0.15) is 9.57 Å². The zero-order chi connectivity index (χ0) is 25.7. The molecule has 0 unspecified atom stereocenters. The Kier molecular flexibility index (Phi) is 8.91. The van der Waals surface area contributed by atoms with E-state index in [9.17, 15) is 8.42 Å². The maximum Gasteiger partial charge on any atom is 0.245 e. The zero-order valence-electron chi connectivity index (χ0n) is 19.6. The van der Waals surface area contributed by atoms with Gasteiger partial charge in [-0.25, -0.2) is 8.42 Å². The van der Waals surface area contributed by atoms with Crippen LogP contribution in [0.1, 0.15) is 22.8 Å². The van der Waals surface area contributed by atoms with Crippen LogP contribution in [-0.4, -0.2) is 57.5 Å². The van der Waals surface area contributed by atoms with Gasteiger partial charge in [-0.1, -0.05) is 47.5 Å². The standard InChI is InChI=1S/C25H25Cl2N3O4S2/c1-33-21-4-2-3-20(13-21)22(34-17-19-7-5-18(15-28)6-8-19)16-29-9-11-30(12-10-29)36(31,32)23-14-24(26)35-25(23)27/h2-8,13-14,22H,9-12,16-17H2,1H3/t22-/m1/s1. The second-order valence-electron chi connectivity index (χ2n) is 8.28. The summed E-state index contributed by atoms with van der Waals surface area (Å²) >= 11 is 13.1. The summed E-state index contributed by atoms with van der Waals surface area (Å²) in [7, 11) is -2.08. The minimum atomic E-state index is -3.71. The second-order valence-corrected chi connectivity index (χ2v) is 12.5. The molecular formula is C25H25Cl2N3O4S2. The van der Waals surface area contributed by atoms with Crippen LogP contribution in [0.25, 0.3) is 0 Å². The van der Waals surface area contributed by atoms with Crippen LogP contribution in [0.2, 0.25) is 8.67 Å². The van der Waals surface area contributed by atoms with Crippen molar-refractivity contribution in [2.24, 2.45) is 0 Å². The van der Waals surface area contributed by atoms with Crippen LogP contribution in [0, 0.1) is 11.3 Å². The van der Waals surface area contributed by atoms with Gasteiger partial charge in [0.2, 0.25) is 10.0 Å². The number of nitrogens with zero attached hydrogens (tertiary/aromatic N) is 3. The zero-order valence-corrected chi connectivity index (χ0v) is 22.7. The molecule has 1 fully saturated rings. The van der Waals surface area contributed by atoms with E-state index in [1.54, 1.807) is 19.2 Å². The molecule has 4 rings (SSSR count). The van der Waals surface area contributed by atoms with Crippen molar-refractivity contribution >= 4 is 44.6 Å². The van der Waals surface area contributed by atoms with Gasteiger partial charge in [-0.3, -0.25) is 4.90 Å². The number of hydrogen-bond donors (Lipinski definition) is 0. The fourth-order valence-corrected chi connectivity index (χ4v) is 7.53. The Morgan fingerprint density at radius 1 is 1.08 bits per heavy atom. The quantitative estimate of drug-likeness (QED) is 0.354. The molecule has 1 aliphatic rings. The van der Waals surface area contributed by atoms with Crippen molar-refractivity contribution in [2.45, 2.75) is 17.6 Å². The molecule has 0 bridgehead atoms. The number of nitriles is 1. The number of halogens is 2. The van der Waals surface area contributed by atoms with Crippen LogP contribution in [0.4, 0.5) is 0 Å². The molecule has 3 aromatic rings. The first-order valence-corrected chi connectivity index (χ1v) is 14.2. The number of benzene rings is 2. The lowest BCUT2D eigenvalue weighted by molar-refractivity contribution is 0.00763. The maximum atomic E-state index is 13.1. The largest absolute Gasteiger partial charge is 0.497 e. The molecule has 2 aromatic carbocycles. The molecular weight excluding hydrogens is 541 g/mol. The minimum Gasteiger partial charge on any atom is -0.497 e. The van der Waals surface area contributed by atoms with E-state index in [-0.39, 0.29) is 15.3 Å². The van der Waals surface area contributed by atoms with E-state index in [1.807, 2.05) is 36.4 Å². The third kappa shape index (κ3) is 6.39. The summed E-state index contributed by atoms with van der Waals surface area (Å²) in [4.78, 5) is 2.25. The highest BCUT2D eigenvalue weighted by atomic mass is 35.5. The minimum absolute atomic E-state index is 0.0626. The topological polar surface area (TPSA) is 82.9 Å². The van der Waals surface area contributed by atoms with Crippen molar-refractivity contribution in [1.29, 1.82) is 5.26 Å². The Labute approximate surface area is 225 Å². The molecule has 2 heterocycles. The van der Waals surface area contributed by atoms with Gasteiger partial charge in [0.15, 0.2) is 0 Å². The van der Waals surface area contributed by atoms with Gasteiger partial charge in [-0.05, 0) is 41.5 Å². The van der Waals surface area contributed by atoms with Crippen molar-refractivity contribution in [3.8, 4) is 11.8 Å². The lowest BCUT2D eigenvalue weighted by Crippen LogP contribution is -2.49. The Balaban J connectivity index is 1.44. The van der Waals surface area contributed by atoms with Gasteiger partial charge in [0.05, 0.1) is 35.8 Å². The monoisotopic (exact) mass is 565 g/mol. The summed E-state index contributed by atoms with van der Waals surface area (Å²) in [6.45, 7) is 2.74. The van der Waals surface area contributed by atoms with E-state index in [4.69, 9.17) is 37.9 Å². The van der Waals surface area contributed by atoms with E-state index in [2.05, 4.69) is 11.0 Å². The summed E-state index contributed by atoms with van der Waals surface area (Å²) in [5, 5.41) is 9.02. The molecule has 1 aliphatic heterocycles. The summed E-state index contributed by atoms with van der Waals surface area (Å²) in [5.41, 5.74) is 2.53. The molecule has 0 radical (unpaired) electrons. The molecule has 7 nitrogen and oxygen atoms in total. The molecule has 0 N–H and O–H groups in total. The molecule has 1 aromatic heterocycles. The predicted molar refractivity (Wildman–Crippen MR) is 141 cm³/mol. The third-order valence-electron chi connectivity index (χ3n) is 6.00. The number of hydrogen-bond acceptors (Lipinski definition) is 7. The average Bonchev–Trinajstić information content (AvgIpc) is 3.25. The first-order valence-electron chi connectivity index (χ1n) is 11.2. The van der Waals surface area contributed by atoms with E-state index < -0.39 is 10.0 Å². The smallest absolute Gasteiger partial charge is 0.245 e. The van der Waals surface area contributed by atoms with Crippen LogP contribution >= 0.6 is 34.5 Å². The number of piperazine rings is 1. The average molecular weight is 567 g/mol. The van der Waals surface area contributed by atoms with Gasteiger partial charge < -0.3 is 9.47 Å². The van der Waals surface area contributed by atoms with Crippen molar-refractivity contribution in [2.75, 3.05) is 39.8 Å². The fourth-order valence-electron chi connectivity index (χ4n) is 4.00. The van der Waals surface area contributed by atoms with Gasteiger partial charge in [0, 0.05) is 32.7 Å². The Hall–Kier alpha value is -2.16. The molecule has 1 saturated heterocycles. The normalized spacial score (nSPS) is 15.9. The molecule has 190 valence electrons. The lowest BCUT2D eigenvalue weighted by atomic mass is 10.1. The molecule has 0 spiro atoms. The Morgan fingerprint density at radius 2 is 1.81 bits per heavy atom. The van der Waals surface area contributed by atoms with E-state index in [0.717, 1.165) is 28.2 Å². The van der Waals surface area contributed by atoms with Crippen LogP contribution in [-0.2, 0) is 21.4 Å². The Morgan fingerprint density at radius 3 is 2.42 bits per heavy atom. The van der Waals surface area contributed by atoms with Gasteiger partial charge in [0.25, 0.3) is 0 Å². The Bertz CT molecular complexity index is 1330. The van der Waals surface area contributed by atoms with E-state index in [0.29, 0.717) is 49.2 Å². The van der Waals surface area contributed by atoms with Crippen LogP contribution in [0.15, 0.2) is 59.5 Å². The molecule has 1 atom stereocenters. The number of rotatable bonds is 9. The van der Waals surface area contributed by atoms with Crippen molar-refractivity contribution < 1.29 is 17.9 Å². The first kappa shape index (κ1) is 26.9. The van der Waals surface area contributed by atoms with Crippen LogP contribution in [0.5, 0.6) is 5.75 Å². The summed E-state index contributed by atoms with van der Waals surface area (Å²) in [6.07, 6.45) is -0.260. The van der Waals surface area contributed by atoms with Gasteiger partial charge in [-0.15, -0.1) is 11.3 Å². The third-order valence-corrected chi connectivity index (χ3v) is 9.65. The molecule has 0 amide bonds. The highest BCUT2D eigenvalue weighted by Crippen LogP contribution is 2.36. The van der Waals surface area contributed by atoms with E-state index >= 15 is 0 Å². The van der Waals surface area contributed by atoms with E-state index in [1.165, 1.54) is 10.4 Å². The van der Waals surface area contributed by atoms with Crippen LogP contribution in [0.3, 0.4) is 0 Å². The van der Waals surface area contributed by atoms with Crippen molar-refractivity contribution in [3.63, 3.8) is 0 Å². The SMILES string of the molecule is COc1cccc([C@@H](CN2CCN(S(=O)(=O)c3cc(Cl)sc3Cl)CC2)OCc2ccc(C#N)cc2)c1. The highest BCUT2D eigenvalue weighted by molar-refractivity contribution is 7.89. The molecule has 11 heteroatoms. The summed E-state index contributed by atoms with van der Waals surface area (Å²) in [5.74, 6) is 0.738. The first-order chi connectivity index (χ1) is 17.3. The van der Waals surface area contributed by atoms with Crippen molar-refractivity contribution in [3.05, 3.63) is 80.0 Å². The number of thiophene rings is 1. The van der Waals surface area contributed by atoms with Crippen molar-refractivity contribution in [1.82, 2.24) is 9.21 Å².